The topological polar surface area (TPSA) is 84.5 Å². The van der Waals surface area contributed by atoms with E-state index in [1.165, 1.54) is 38.3 Å². The van der Waals surface area contributed by atoms with E-state index < -0.39 is 35.7 Å². The fourth-order valence-corrected chi connectivity index (χ4v) is 2.84. The Labute approximate surface area is 175 Å². The molecular formula is C23H25FN2O4. The van der Waals surface area contributed by atoms with Crippen LogP contribution < -0.4 is 10.6 Å². The number of benzene rings is 2. The van der Waals surface area contributed by atoms with Crippen LogP contribution in [0.5, 0.6) is 0 Å². The fraction of sp³-hybridized carbons (Fsp3) is 0.261. The van der Waals surface area contributed by atoms with Crippen molar-refractivity contribution in [1.82, 2.24) is 10.6 Å². The van der Waals surface area contributed by atoms with Gasteiger partial charge < -0.3 is 15.4 Å². The highest BCUT2D eigenvalue weighted by Crippen LogP contribution is 2.08. The first-order valence-corrected chi connectivity index (χ1v) is 9.50. The molecule has 2 N–H and O–H groups in total. The Hall–Kier alpha value is -3.48. The van der Waals surface area contributed by atoms with Gasteiger partial charge in [0.2, 0.25) is 11.8 Å². The van der Waals surface area contributed by atoms with Gasteiger partial charge in [0.05, 0.1) is 7.11 Å². The molecule has 0 aromatic heterocycles. The van der Waals surface area contributed by atoms with E-state index >= 15 is 0 Å². The molecule has 0 fully saturated rings. The average molecular weight is 412 g/mol. The van der Waals surface area contributed by atoms with Crippen molar-refractivity contribution in [3.05, 3.63) is 77.6 Å². The third kappa shape index (κ3) is 7.50. The van der Waals surface area contributed by atoms with E-state index in [2.05, 4.69) is 10.6 Å². The first-order valence-electron chi connectivity index (χ1n) is 9.50. The van der Waals surface area contributed by atoms with Gasteiger partial charge in [-0.15, -0.1) is 0 Å². The van der Waals surface area contributed by atoms with Gasteiger partial charge in [0.1, 0.15) is 17.9 Å². The minimum atomic E-state index is -0.918. The van der Waals surface area contributed by atoms with Gasteiger partial charge in [-0.25, -0.2) is 9.18 Å². The molecule has 2 aromatic rings. The number of rotatable bonds is 9. The lowest BCUT2D eigenvalue weighted by Gasteiger charge is -2.21. The molecular weight excluding hydrogens is 387 g/mol. The molecule has 0 aliphatic carbocycles. The van der Waals surface area contributed by atoms with Crippen LogP contribution >= 0.6 is 0 Å². The Bertz CT molecular complexity index is 882. The second kappa shape index (κ2) is 11.5. The van der Waals surface area contributed by atoms with Gasteiger partial charge in [0.25, 0.3) is 0 Å². The molecule has 7 heteroatoms. The number of esters is 1. The number of ether oxygens (including phenoxy) is 1. The summed E-state index contributed by atoms with van der Waals surface area (Å²) in [4.78, 5) is 36.5. The Morgan fingerprint density at radius 2 is 1.67 bits per heavy atom. The van der Waals surface area contributed by atoms with Crippen molar-refractivity contribution in [2.45, 2.75) is 31.8 Å². The number of carbonyl (C=O) groups excluding carboxylic acids is 3. The van der Waals surface area contributed by atoms with Crippen LogP contribution in [0.2, 0.25) is 0 Å². The highest BCUT2D eigenvalue weighted by atomic mass is 19.1. The van der Waals surface area contributed by atoms with Gasteiger partial charge in [-0.2, -0.15) is 0 Å². The summed E-state index contributed by atoms with van der Waals surface area (Å²) in [5.41, 5.74) is 1.63. The summed E-state index contributed by atoms with van der Waals surface area (Å²) in [5, 5.41) is 5.21. The predicted octanol–water partition coefficient (Wildman–Crippen LogP) is 2.63. The lowest BCUT2D eigenvalue weighted by molar-refractivity contribution is -0.145. The summed E-state index contributed by atoms with van der Waals surface area (Å²) in [5.74, 6) is -1.91. The van der Waals surface area contributed by atoms with Gasteiger partial charge in [0.15, 0.2) is 0 Å². The molecule has 158 valence electrons. The van der Waals surface area contributed by atoms with E-state index in [0.717, 1.165) is 5.56 Å². The summed E-state index contributed by atoms with van der Waals surface area (Å²) < 4.78 is 17.9. The number of methoxy groups -OCH3 is 1. The smallest absolute Gasteiger partial charge is 0.328 e. The zero-order valence-corrected chi connectivity index (χ0v) is 16.9. The molecule has 6 nitrogen and oxygen atoms in total. The second-order valence-electron chi connectivity index (χ2n) is 6.72. The summed E-state index contributed by atoms with van der Waals surface area (Å²) in [7, 11) is 1.24. The van der Waals surface area contributed by atoms with Crippen molar-refractivity contribution in [3.63, 3.8) is 0 Å². The summed E-state index contributed by atoms with van der Waals surface area (Å²) >= 11 is 0. The van der Waals surface area contributed by atoms with Crippen molar-refractivity contribution >= 4 is 23.9 Å². The molecule has 2 aromatic carbocycles. The SMILES string of the molecule is COC(=O)[C@@H](C/C=C/c1ccccc1)NC(=O)[C@H](Cc1ccc(F)cc1)NC(C)=O. The van der Waals surface area contributed by atoms with Crippen LogP contribution in [0.15, 0.2) is 60.7 Å². The van der Waals surface area contributed by atoms with Crippen molar-refractivity contribution in [1.29, 1.82) is 0 Å². The van der Waals surface area contributed by atoms with Crippen LogP contribution in [-0.4, -0.2) is 37.0 Å². The van der Waals surface area contributed by atoms with Crippen LogP contribution in [0.1, 0.15) is 24.5 Å². The molecule has 30 heavy (non-hydrogen) atoms. The number of halogens is 1. The molecule has 0 bridgehead atoms. The molecule has 0 aliphatic rings. The molecule has 0 heterocycles. The van der Waals surface area contributed by atoms with Gasteiger partial charge in [-0.3, -0.25) is 9.59 Å². The van der Waals surface area contributed by atoms with Gasteiger partial charge in [-0.05, 0) is 29.7 Å². The predicted molar refractivity (Wildman–Crippen MR) is 112 cm³/mol. The van der Waals surface area contributed by atoms with E-state index in [1.54, 1.807) is 6.08 Å². The Balaban J connectivity index is 2.08. The van der Waals surface area contributed by atoms with Crippen LogP contribution in [0.25, 0.3) is 6.08 Å². The van der Waals surface area contributed by atoms with Crippen LogP contribution in [0, 0.1) is 5.82 Å². The van der Waals surface area contributed by atoms with E-state index in [0.29, 0.717) is 5.56 Å². The van der Waals surface area contributed by atoms with Crippen molar-refractivity contribution in [3.8, 4) is 0 Å². The molecule has 0 saturated heterocycles. The van der Waals surface area contributed by atoms with Crippen LogP contribution in [0.4, 0.5) is 4.39 Å². The number of amides is 2. The first kappa shape index (κ1) is 22.8. The molecule has 2 atom stereocenters. The third-order valence-corrected chi connectivity index (χ3v) is 4.33. The fourth-order valence-electron chi connectivity index (χ4n) is 2.84. The van der Waals surface area contributed by atoms with Crippen molar-refractivity contribution < 1.29 is 23.5 Å². The van der Waals surface area contributed by atoms with E-state index in [-0.39, 0.29) is 12.8 Å². The molecule has 0 spiro atoms. The number of carbonyl (C=O) groups is 3. The minimum absolute atomic E-state index is 0.152. The van der Waals surface area contributed by atoms with E-state index in [4.69, 9.17) is 4.74 Å². The quantitative estimate of drug-likeness (QED) is 0.620. The average Bonchev–Trinajstić information content (AvgIpc) is 2.74. The van der Waals surface area contributed by atoms with Gasteiger partial charge in [-0.1, -0.05) is 54.6 Å². The summed E-state index contributed by atoms with van der Waals surface area (Å²) in [6.45, 7) is 1.30. The monoisotopic (exact) mass is 412 g/mol. The van der Waals surface area contributed by atoms with E-state index in [9.17, 15) is 18.8 Å². The van der Waals surface area contributed by atoms with Crippen LogP contribution in [-0.2, 0) is 25.5 Å². The van der Waals surface area contributed by atoms with Crippen LogP contribution in [0.3, 0.4) is 0 Å². The third-order valence-electron chi connectivity index (χ3n) is 4.33. The highest BCUT2D eigenvalue weighted by Gasteiger charge is 2.26. The first-order chi connectivity index (χ1) is 14.4. The zero-order valence-electron chi connectivity index (χ0n) is 16.9. The maximum Gasteiger partial charge on any atom is 0.328 e. The summed E-state index contributed by atoms with van der Waals surface area (Å²) in [6, 6.07) is 13.3. The molecule has 0 unspecified atom stereocenters. The Morgan fingerprint density at radius 3 is 2.27 bits per heavy atom. The molecule has 0 aliphatic heterocycles. The Morgan fingerprint density at radius 1 is 1.00 bits per heavy atom. The van der Waals surface area contributed by atoms with Gasteiger partial charge >= 0.3 is 5.97 Å². The summed E-state index contributed by atoms with van der Waals surface area (Å²) in [6.07, 6.45) is 3.98. The lowest BCUT2D eigenvalue weighted by atomic mass is 10.0. The normalized spacial score (nSPS) is 12.8. The Kier molecular flexibility index (Phi) is 8.75. The molecule has 2 rings (SSSR count). The second-order valence-corrected chi connectivity index (χ2v) is 6.72. The maximum absolute atomic E-state index is 13.1. The molecule has 0 saturated carbocycles. The standard InChI is InChI=1S/C23H25FN2O4/c1-16(27)25-21(15-18-11-13-19(24)14-12-18)22(28)26-20(23(29)30-2)10-6-9-17-7-4-3-5-8-17/h3-9,11-14,20-21H,10,15H2,1-2H3,(H,25,27)(H,26,28)/b9-6+/t20-,21+/m1/s1. The van der Waals surface area contributed by atoms with Gasteiger partial charge in [0, 0.05) is 13.3 Å². The minimum Gasteiger partial charge on any atom is -0.467 e. The lowest BCUT2D eigenvalue weighted by Crippen LogP contribution is -2.52. The van der Waals surface area contributed by atoms with E-state index in [1.807, 2.05) is 36.4 Å². The van der Waals surface area contributed by atoms with Crippen molar-refractivity contribution in [2.24, 2.45) is 0 Å². The molecule has 2 amide bonds. The van der Waals surface area contributed by atoms with Crippen molar-refractivity contribution in [2.75, 3.05) is 7.11 Å². The zero-order chi connectivity index (χ0) is 21.9. The molecule has 0 radical (unpaired) electrons. The maximum atomic E-state index is 13.1. The number of nitrogens with one attached hydrogen (secondary N) is 2. The largest absolute Gasteiger partial charge is 0.467 e. The number of hydrogen-bond donors (Lipinski definition) is 2. The highest BCUT2D eigenvalue weighted by molar-refractivity contribution is 5.90. The number of hydrogen-bond acceptors (Lipinski definition) is 4.